The van der Waals surface area contributed by atoms with Gasteiger partial charge in [0.25, 0.3) is 5.91 Å². The monoisotopic (exact) mass is 429 g/mol. The number of rotatable bonds is 5. The van der Waals surface area contributed by atoms with Gasteiger partial charge in [-0.05, 0) is 23.8 Å². The number of amides is 1. The van der Waals surface area contributed by atoms with E-state index in [0.717, 1.165) is 16.5 Å². The van der Waals surface area contributed by atoms with Crippen LogP contribution in [0.3, 0.4) is 0 Å². The maximum atomic E-state index is 13.8. The van der Waals surface area contributed by atoms with Crippen LogP contribution in [0.15, 0.2) is 54.6 Å². The molecule has 0 bridgehead atoms. The van der Waals surface area contributed by atoms with E-state index in [1.165, 1.54) is 23.5 Å². The van der Waals surface area contributed by atoms with Crippen molar-refractivity contribution in [3.05, 3.63) is 71.1 Å². The molecule has 0 saturated carbocycles. The number of thiophene rings is 1. The molecule has 1 aliphatic rings. The van der Waals surface area contributed by atoms with Gasteiger partial charge in [-0.15, -0.1) is 11.3 Å². The maximum Gasteiger partial charge on any atom is 0.267 e. The standard InChI is InChI=1S/C23H21F2NO3S/c1-28-20-14-21(15-5-3-2-4-6-15)30-22(20)23(27)26-11-9-17(10-12-26)29-19-8-7-16(24)13-18(19)25/h2-8,13-14,17H,9-12H2,1H3. The lowest BCUT2D eigenvalue weighted by atomic mass is 10.1. The summed E-state index contributed by atoms with van der Waals surface area (Å²) in [6, 6.07) is 15.0. The number of methoxy groups -OCH3 is 1. The first-order chi connectivity index (χ1) is 14.5. The van der Waals surface area contributed by atoms with Crippen molar-refractivity contribution >= 4 is 17.2 Å². The topological polar surface area (TPSA) is 38.8 Å². The summed E-state index contributed by atoms with van der Waals surface area (Å²) in [4.78, 5) is 16.4. The lowest BCUT2D eigenvalue weighted by Gasteiger charge is -2.32. The molecule has 0 N–H and O–H groups in total. The lowest BCUT2D eigenvalue weighted by Crippen LogP contribution is -2.41. The number of benzene rings is 2. The van der Waals surface area contributed by atoms with Crippen LogP contribution in [0.5, 0.6) is 11.5 Å². The minimum atomic E-state index is -0.717. The molecule has 7 heteroatoms. The third-order valence-electron chi connectivity index (χ3n) is 5.09. The van der Waals surface area contributed by atoms with E-state index in [0.29, 0.717) is 36.6 Å². The molecule has 1 aliphatic heterocycles. The van der Waals surface area contributed by atoms with Crippen LogP contribution in [0, 0.1) is 11.6 Å². The van der Waals surface area contributed by atoms with Gasteiger partial charge in [-0.2, -0.15) is 0 Å². The molecule has 0 unspecified atom stereocenters. The molecule has 2 heterocycles. The molecule has 0 spiro atoms. The Bertz CT molecular complexity index is 1030. The van der Waals surface area contributed by atoms with Crippen LogP contribution in [0.4, 0.5) is 8.78 Å². The molecule has 0 atom stereocenters. The first-order valence-electron chi connectivity index (χ1n) is 9.69. The predicted octanol–water partition coefficient (Wildman–Crippen LogP) is 5.39. The summed E-state index contributed by atoms with van der Waals surface area (Å²) < 4.78 is 38.0. The Balaban J connectivity index is 1.42. The SMILES string of the molecule is COc1cc(-c2ccccc2)sc1C(=O)N1CCC(Oc2ccc(F)cc2F)CC1. The van der Waals surface area contributed by atoms with Crippen molar-refractivity contribution in [2.45, 2.75) is 18.9 Å². The largest absolute Gasteiger partial charge is 0.495 e. The zero-order valence-electron chi connectivity index (χ0n) is 16.4. The fourth-order valence-electron chi connectivity index (χ4n) is 3.49. The minimum absolute atomic E-state index is 0.0357. The van der Waals surface area contributed by atoms with Gasteiger partial charge in [0.05, 0.1) is 7.11 Å². The van der Waals surface area contributed by atoms with Crippen LogP contribution in [0.25, 0.3) is 10.4 Å². The highest BCUT2D eigenvalue weighted by Gasteiger charge is 2.28. The van der Waals surface area contributed by atoms with Gasteiger partial charge in [-0.1, -0.05) is 30.3 Å². The Morgan fingerprint density at radius 1 is 1.03 bits per heavy atom. The summed E-state index contributed by atoms with van der Waals surface area (Å²) in [5.41, 5.74) is 1.04. The van der Waals surface area contributed by atoms with Crippen LogP contribution in [0.2, 0.25) is 0 Å². The van der Waals surface area contributed by atoms with Crippen molar-refractivity contribution in [2.75, 3.05) is 20.2 Å². The molecule has 156 valence electrons. The van der Waals surface area contributed by atoms with Crippen LogP contribution >= 0.6 is 11.3 Å². The van der Waals surface area contributed by atoms with Crippen LogP contribution in [-0.4, -0.2) is 37.1 Å². The molecule has 1 aromatic heterocycles. The van der Waals surface area contributed by atoms with Crippen LogP contribution < -0.4 is 9.47 Å². The van der Waals surface area contributed by atoms with E-state index in [4.69, 9.17) is 9.47 Å². The summed E-state index contributed by atoms with van der Waals surface area (Å²) in [5.74, 6) is -0.833. The highest BCUT2D eigenvalue weighted by Crippen LogP contribution is 2.37. The Morgan fingerprint density at radius 2 is 1.77 bits per heavy atom. The van der Waals surface area contributed by atoms with Gasteiger partial charge in [0, 0.05) is 36.9 Å². The highest BCUT2D eigenvalue weighted by molar-refractivity contribution is 7.17. The van der Waals surface area contributed by atoms with Gasteiger partial charge in [0.2, 0.25) is 0 Å². The number of carbonyl (C=O) groups excluding carboxylic acids is 1. The second kappa shape index (κ2) is 8.83. The van der Waals surface area contributed by atoms with E-state index in [-0.39, 0.29) is 17.8 Å². The Hall–Kier alpha value is -2.93. The number of hydrogen-bond donors (Lipinski definition) is 0. The minimum Gasteiger partial charge on any atom is -0.495 e. The summed E-state index contributed by atoms with van der Waals surface area (Å²) in [6.07, 6.45) is 0.919. The number of likely N-dealkylation sites (tertiary alicyclic amines) is 1. The molecule has 2 aromatic carbocycles. The van der Waals surface area contributed by atoms with E-state index in [1.807, 2.05) is 36.4 Å². The van der Waals surface area contributed by atoms with E-state index in [9.17, 15) is 13.6 Å². The normalized spacial score (nSPS) is 14.6. The molecule has 1 fully saturated rings. The Morgan fingerprint density at radius 3 is 2.43 bits per heavy atom. The zero-order valence-corrected chi connectivity index (χ0v) is 17.3. The number of piperidine rings is 1. The number of ether oxygens (including phenoxy) is 2. The second-order valence-corrected chi connectivity index (χ2v) is 8.11. The lowest BCUT2D eigenvalue weighted by molar-refractivity contribution is 0.0590. The fourth-order valence-corrected chi connectivity index (χ4v) is 4.59. The van der Waals surface area contributed by atoms with Gasteiger partial charge in [-0.25, -0.2) is 8.78 Å². The van der Waals surface area contributed by atoms with E-state index >= 15 is 0 Å². The van der Waals surface area contributed by atoms with Crippen LogP contribution in [0.1, 0.15) is 22.5 Å². The number of carbonyl (C=O) groups is 1. The third kappa shape index (κ3) is 4.31. The van der Waals surface area contributed by atoms with Crippen molar-refractivity contribution in [3.63, 3.8) is 0 Å². The Labute approximate surface area is 177 Å². The molecular formula is C23H21F2NO3S. The first-order valence-corrected chi connectivity index (χ1v) is 10.5. The molecule has 0 aliphatic carbocycles. The third-order valence-corrected chi connectivity index (χ3v) is 6.24. The quantitative estimate of drug-likeness (QED) is 0.546. The predicted molar refractivity (Wildman–Crippen MR) is 112 cm³/mol. The number of halogens is 2. The van der Waals surface area contributed by atoms with Gasteiger partial charge in [0.1, 0.15) is 22.5 Å². The van der Waals surface area contributed by atoms with E-state index in [2.05, 4.69) is 0 Å². The maximum absolute atomic E-state index is 13.8. The molecule has 3 aromatic rings. The Kier molecular flexibility index (Phi) is 5.99. The summed E-state index contributed by atoms with van der Waals surface area (Å²) in [5, 5.41) is 0. The average Bonchev–Trinajstić information content (AvgIpc) is 3.21. The summed E-state index contributed by atoms with van der Waals surface area (Å²) in [7, 11) is 1.56. The van der Waals surface area contributed by atoms with Gasteiger partial charge >= 0.3 is 0 Å². The smallest absolute Gasteiger partial charge is 0.267 e. The van der Waals surface area contributed by atoms with Crippen molar-refractivity contribution in [1.82, 2.24) is 4.90 Å². The van der Waals surface area contributed by atoms with Crippen molar-refractivity contribution in [1.29, 1.82) is 0 Å². The van der Waals surface area contributed by atoms with Gasteiger partial charge < -0.3 is 14.4 Å². The first kappa shape index (κ1) is 20.3. The second-order valence-electron chi connectivity index (χ2n) is 7.06. The molecule has 1 saturated heterocycles. The van der Waals surface area contributed by atoms with E-state index in [1.54, 1.807) is 12.0 Å². The molecule has 4 rings (SSSR count). The molecule has 30 heavy (non-hydrogen) atoms. The molecule has 0 radical (unpaired) electrons. The summed E-state index contributed by atoms with van der Waals surface area (Å²) >= 11 is 1.41. The zero-order chi connectivity index (χ0) is 21.1. The highest BCUT2D eigenvalue weighted by atomic mass is 32.1. The fraction of sp³-hybridized carbons (Fsp3) is 0.261. The van der Waals surface area contributed by atoms with Crippen molar-refractivity contribution in [3.8, 4) is 21.9 Å². The summed E-state index contributed by atoms with van der Waals surface area (Å²) in [6.45, 7) is 0.988. The molecule has 1 amide bonds. The molecule has 4 nitrogen and oxygen atoms in total. The van der Waals surface area contributed by atoms with Crippen molar-refractivity contribution in [2.24, 2.45) is 0 Å². The van der Waals surface area contributed by atoms with E-state index < -0.39 is 11.6 Å². The molecular weight excluding hydrogens is 408 g/mol. The average molecular weight is 429 g/mol. The van der Waals surface area contributed by atoms with Gasteiger partial charge in [0.15, 0.2) is 11.6 Å². The van der Waals surface area contributed by atoms with Crippen molar-refractivity contribution < 1.29 is 23.0 Å². The van der Waals surface area contributed by atoms with Gasteiger partial charge in [-0.3, -0.25) is 4.79 Å². The number of hydrogen-bond acceptors (Lipinski definition) is 4. The van der Waals surface area contributed by atoms with Crippen LogP contribution in [-0.2, 0) is 0 Å². The number of nitrogens with zero attached hydrogens (tertiary/aromatic N) is 1.